The molecule has 1 aliphatic carbocycles. The van der Waals surface area contributed by atoms with Crippen molar-refractivity contribution >= 4 is 5.78 Å². The summed E-state index contributed by atoms with van der Waals surface area (Å²) in [5.74, 6) is 0.849. The molecular weight excluding hydrogens is 178 g/mol. The predicted molar refractivity (Wildman–Crippen MR) is 50.0 cm³/mol. The molecule has 3 heteroatoms. The molecule has 0 N–H and O–H groups in total. The highest BCUT2D eigenvalue weighted by Crippen LogP contribution is 2.32. The van der Waals surface area contributed by atoms with E-state index in [1.807, 2.05) is 24.3 Å². The molecular formula is C11H7NO2. The third-order valence-electron chi connectivity index (χ3n) is 2.44. The van der Waals surface area contributed by atoms with Gasteiger partial charge in [0.25, 0.3) is 0 Å². The zero-order valence-corrected chi connectivity index (χ0v) is 7.36. The average Bonchev–Trinajstić information content (AvgIpc) is 2.66. The van der Waals surface area contributed by atoms with Gasteiger partial charge >= 0.3 is 0 Å². The Labute approximate surface area is 80.4 Å². The first-order valence-corrected chi connectivity index (χ1v) is 4.41. The number of rotatable bonds is 0. The summed E-state index contributed by atoms with van der Waals surface area (Å²) in [5, 5.41) is 0. The van der Waals surface area contributed by atoms with E-state index in [0.717, 1.165) is 22.6 Å². The van der Waals surface area contributed by atoms with Crippen LogP contribution in [0.5, 0.6) is 0 Å². The summed E-state index contributed by atoms with van der Waals surface area (Å²) in [4.78, 5) is 15.7. The Kier molecular flexibility index (Phi) is 1.36. The van der Waals surface area contributed by atoms with Crippen LogP contribution < -0.4 is 0 Å². The third kappa shape index (κ3) is 0.865. The number of Topliss-reactive ketones (excluding diaryl/α,β-unsaturated/α-hetero) is 1. The van der Waals surface area contributed by atoms with Crippen LogP contribution in [0.1, 0.15) is 16.1 Å². The lowest BCUT2D eigenvalue weighted by molar-refractivity contribution is 0.0990. The van der Waals surface area contributed by atoms with Crippen molar-refractivity contribution in [1.82, 2.24) is 4.98 Å². The molecule has 0 aliphatic heterocycles. The van der Waals surface area contributed by atoms with Crippen LogP contribution in [0.3, 0.4) is 0 Å². The highest BCUT2D eigenvalue weighted by atomic mass is 16.3. The number of oxazole rings is 1. The number of hydrogen-bond donors (Lipinski definition) is 0. The van der Waals surface area contributed by atoms with Gasteiger partial charge in [0.15, 0.2) is 17.9 Å². The molecule has 0 saturated carbocycles. The zero-order chi connectivity index (χ0) is 9.54. The van der Waals surface area contributed by atoms with Gasteiger partial charge in [0.2, 0.25) is 0 Å². The summed E-state index contributed by atoms with van der Waals surface area (Å²) < 4.78 is 5.27. The molecule has 1 aliphatic rings. The van der Waals surface area contributed by atoms with Gasteiger partial charge in [-0.1, -0.05) is 24.3 Å². The topological polar surface area (TPSA) is 43.1 Å². The van der Waals surface area contributed by atoms with Crippen LogP contribution >= 0.6 is 0 Å². The van der Waals surface area contributed by atoms with Crippen molar-refractivity contribution in [2.45, 2.75) is 6.42 Å². The number of benzene rings is 1. The van der Waals surface area contributed by atoms with Gasteiger partial charge < -0.3 is 4.42 Å². The maximum atomic E-state index is 11.7. The van der Waals surface area contributed by atoms with Crippen molar-refractivity contribution in [1.29, 1.82) is 0 Å². The molecule has 0 unspecified atom stereocenters. The van der Waals surface area contributed by atoms with E-state index >= 15 is 0 Å². The van der Waals surface area contributed by atoms with E-state index in [-0.39, 0.29) is 5.78 Å². The second-order valence-corrected chi connectivity index (χ2v) is 3.27. The van der Waals surface area contributed by atoms with Gasteiger partial charge in [-0.2, -0.15) is 0 Å². The molecule has 0 bridgehead atoms. The Morgan fingerprint density at radius 1 is 1.21 bits per heavy atom. The average molecular weight is 185 g/mol. The second-order valence-electron chi connectivity index (χ2n) is 3.27. The molecule has 14 heavy (non-hydrogen) atoms. The predicted octanol–water partition coefficient (Wildman–Crippen LogP) is 2.08. The monoisotopic (exact) mass is 185 g/mol. The summed E-state index contributed by atoms with van der Waals surface area (Å²) in [6, 6.07) is 7.46. The molecule has 1 heterocycles. The lowest BCUT2D eigenvalue weighted by atomic mass is 9.92. The third-order valence-corrected chi connectivity index (χ3v) is 2.44. The zero-order valence-electron chi connectivity index (χ0n) is 7.36. The summed E-state index contributed by atoms with van der Waals surface area (Å²) >= 11 is 0. The summed E-state index contributed by atoms with van der Waals surface area (Å²) in [6.45, 7) is 0. The number of carbonyl (C=O) groups is 1. The lowest BCUT2D eigenvalue weighted by Gasteiger charge is -2.11. The molecule has 0 amide bonds. The first-order chi connectivity index (χ1) is 6.86. The minimum Gasteiger partial charge on any atom is -0.443 e. The molecule has 0 radical (unpaired) electrons. The number of fused-ring (bicyclic) bond motifs is 3. The summed E-state index contributed by atoms with van der Waals surface area (Å²) in [7, 11) is 0. The van der Waals surface area contributed by atoms with E-state index in [1.165, 1.54) is 6.39 Å². The number of ketones is 1. The first-order valence-electron chi connectivity index (χ1n) is 4.41. The van der Waals surface area contributed by atoms with Gasteiger partial charge in [-0.3, -0.25) is 4.79 Å². The van der Waals surface area contributed by atoms with Crippen LogP contribution in [-0.2, 0) is 6.42 Å². The quantitative estimate of drug-likeness (QED) is 0.631. The molecule has 0 spiro atoms. The Morgan fingerprint density at radius 2 is 2.00 bits per heavy atom. The first kappa shape index (κ1) is 7.50. The summed E-state index contributed by atoms with van der Waals surface area (Å²) in [5.41, 5.74) is 2.33. The molecule has 1 aromatic heterocycles. The number of hydrogen-bond acceptors (Lipinski definition) is 3. The molecule has 3 rings (SSSR count). The van der Waals surface area contributed by atoms with E-state index in [1.54, 1.807) is 0 Å². The number of nitrogens with zero attached hydrogens (tertiary/aromatic N) is 1. The number of aromatic nitrogens is 1. The van der Waals surface area contributed by atoms with E-state index in [0.29, 0.717) is 6.42 Å². The fourth-order valence-corrected chi connectivity index (χ4v) is 1.79. The van der Waals surface area contributed by atoms with Gasteiger partial charge in [0.1, 0.15) is 0 Å². The van der Waals surface area contributed by atoms with Crippen LogP contribution in [0.15, 0.2) is 35.1 Å². The molecule has 0 fully saturated rings. The number of carbonyl (C=O) groups excluding carboxylic acids is 1. The lowest BCUT2D eigenvalue weighted by Crippen LogP contribution is -2.11. The summed E-state index contributed by atoms with van der Waals surface area (Å²) in [6.07, 6.45) is 1.74. The van der Waals surface area contributed by atoms with E-state index in [9.17, 15) is 4.79 Å². The fourth-order valence-electron chi connectivity index (χ4n) is 1.79. The van der Waals surface area contributed by atoms with Crippen molar-refractivity contribution in [3.8, 4) is 11.3 Å². The Hall–Kier alpha value is -1.90. The van der Waals surface area contributed by atoms with Crippen molar-refractivity contribution in [2.75, 3.05) is 0 Å². The van der Waals surface area contributed by atoms with E-state index in [2.05, 4.69) is 4.98 Å². The van der Waals surface area contributed by atoms with Crippen LogP contribution in [-0.4, -0.2) is 10.8 Å². The fraction of sp³-hybridized carbons (Fsp3) is 0.0909. The van der Waals surface area contributed by atoms with Gasteiger partial charge in [-0.15, -0.1) is 0 Å². The van der Waals surface area contributed by atoms with Gasteiger partial charge in [0, 0.05) is 11.1 Å². The van der Waals surface area contributed by atoms with Crippen molar-refractivity contribution < 1.29 is 9.21 Å². The molecule has 68 valence electrons. The van der Waals surface area contributed by atoms with Crippen molar-refractivity contribution in [3.63, 3.8) is 0 Å². The van der Waals surface area contributed by atoms with Crippen LogP contribution in [0.2, 0.25) is 0 Å². The van der Waals surface area contributed by atoms with Crippen LogP contribution in [0.4, 0.5) is 0 Å². The van der Waals surface area contributed by atoms with E-state index in [4.69, 9.17) is 4.42 Å². The molecule has 0 saturated heterocycles. The van der Waals surface area contributed by atoms with E-state index < -0.39 is 0 Å². The van der Waals surface area contributed by atoms with Crippen LogP contribution in [0.25, 0.3) is 11.3 Å². The van der Waals surface area contributed by atoms with Gasteiger partial charge in [-0.25, -0.2) is 4.98 Å². The Bertz CT molecular complexity index is 514. The normalized spacial score (nSPS) is 13.6. The van der Waals surface area contributed by atoms with Crippen LogP contribution in [0, 0.1) is 0 Å². The van der Waals surface area contributed by atoms with Crippen molar-refractivity contribution in [2.24, 2.45) is 0 Å². The van der Waals surface area contributed by atoms with Gasteiger partial charge in [0.05, 0.1) is 12.1 Å². The second kappa shape index (κ2) is 2.54. The maximum absolute atomic E-state index is 11.7. The Morgan fingerprint density at radius 3 is 2.86 bits per heavy atom. The molecule has 3 nitrogen and oxygen atoms in total. The standard InChI is InChI=1S/C11H7NO2/c13-10-5-9-11(14-6-12-9)8-4-2-1-3-7(8)10/h1-4,6H,5H2. The Balaban J connectivity index is 2.36. The molecule has 0 atom stereocenters. The van der Waals surface area contributed by atoms with Gasteiger partial charge in [-0.05, 0) is 0 Å². The minimum atomic E-state index is 0.113. The molecule has 1 aromatic carbocycles. The highest BCUT2D eigenvalue weighted by Gasteiger charge is 2.25. The molecule has 2 aromatic rings. The smallest absolute Gasteiger partial charge is 0.181 e. The SMILES string of the molecule is O=C1Cc2ncoc2-c2ccccc21. The minimum absolute atomic E-state index is 0.113. The maximum Gasteiger partial charge on any atom is 0.181 e. The largest absolute Gasteiger partial charge is 0.443 e. The highest BCUT2D eigenvalue weighted by molar-refractivity contribution is 6.06. The van der Waals surface area contributed by atoms with Crippen molar-refractivity contribution in [3.05, 3.63) is 41.9 Å².